The van der Waals surface area contributed by atoms with Crippen molar-refractivity contribution in [2.75, 3.05) is 0 Å². The third kappa shape index (κ3) is 5.49. The fourth-order valence-electron chi connectivity index (χ4n) is 7.67. The molecule has 0 N–H and O–H groups in total. The SMILES string of the molecule is c1ccc(-c2nc3ccc4cccc(-c5ccc6cc(-c7nc(-c8ccc9ccccc9c8)nc(-c8ccc9ccccc9c8)n7)ccc6c5)c4c3o2)cc1. The van der Waals surface area contributed by atoms with Gasteiger partial charge in [0.25, 0.3) is 0 Å². The Balaban J connectivity index is 1.03. The third-order valence-electron chi connectivity index (χ3n) is 10.5. The lowest BCUT2D eigenvalue weighted by molar-refractivity contribution is 0.623. The maximum atomic E-state index is 6.48. The summed E-state index contributed by atoms with van der Waals surface area (Å²) in [6.45, 7) is 0. The maximum Gasteiger partial charge on any atom is 0.227 e. The first-order chi connectivity index (χ1) is 27.2. The molecule has 0 saturated carbocycles. The van der Waals surface area contributed by atoms with Crippen LogP contribution in [0.4, 0.5) is 0 Å². The van der Waals surface area contributed by atoms with Gasteiger partial charge >= 0.3 is 0 Å². The van der Waals surface area contributed by atoms with Crippen molar-refractivity contribution >= 4 is 54.2 Å². The van der Waals surface area contributed by atoms with E-state index < -0.39 is 0 Å². The summed E-state index contributed by atoms with van der Waals surface area (Å²) in [6.07, 6.45) is 0. The predicted octanol–water partition coefficient (Wildman–Crippen LogP) is 13.0. The van der Waals surface area contributed by atoms with Crippen LogP contribution in [0.3, 0.4) is 0 Å². The molecule has 55 heavy (non-hydrogen) atoms. The van der Waals surface area contributed by atoms with E-state index in [9.17, 15) is 0 Å². The molecule has 0 aliphatic rings. The Morgan fingerprint density at radius 1 is 0.309 bits per heavy atom. The monoisotopic (exact) mass is 702 g/mol. The lowest BCUT2D eigenvalue weighted by Crippen LogP contribution is -2.00. The summed E-state index contributed by atoms with van der Waals surface area (Å²) >= 11 is 0. The topological polar surface area (TPSA) is 64.7 Å². The minimum Gasteiger partial charge on any atom is -0.435 e. The van der Waals surface area contributed by atoms with Gasteiger partial charge in [-0.1, -0.05) is 140 Å². The van der Waals surface area contributed by atoms with E-state index in [1.54, 1.807) is 0 Å². The van der Waals surface area contributed by atoms with E-state index in [1.807, 2.05) is 36.4 Å². The van der Waals surface area contributed by atoms with E-state index in [-0.39, 0.29) is 0 Å². The standard InChI is InChI=1S/C50H30N4O/c1-2-11-34(12-3-1)50-51-44-26-25-33-15-8-16-43(45(33)46(44)55-50)39-21-19-38-30-42(24-20-37(38)27-39)49-53-47(40-22-17-31-9-4-6-13-35(31)28-40)52-48(54-49)41-23-18-32-10-5-7-14-36(32)29-41/h1-30H. The van der Waals surface area contributed by atoms with Crippen LogP contribution in [0.1, 0.15) is 0 Å². The Morgan fingerprint density at radius 2 is 0.764 bits per heavy atom. The second-order valence-electron chi connectivity index (χ2n) is 13.9. The van der Waals surface area contributed by atoms with Crippen LogP contribution in [0.25, 0.3) is 111 Å². The zero-order valence-electron chi connectivity index (χ0n) is 29.5. The molecule has 11 rings (SSSR count). The number of nitrogens with zero attached hydrogens (tertiary/aromatic N) is 4. The van der Waals surface area contributed by atoms with Crippen LogP contribution in [0, 0.1) is 0 Å². The van der Waals surface area contributed by atoms with Crippen molar-refractivity contribution in [1.29, 1.82) is 0 Å². The van der Waals surface area contributed by atoms with Crippen LogP contribution in [0.15, 0.2) is 186 Å². The number of oxazole rings is 1. The number of benzene rings is 9. The first-order valence-corrected chi connectivity index (χ1v) is 18.4. The number of fused-ring (bicyclic) bond motifs is 6. The lowest BCUT2D eigenvalue weighted by atomic mass is 9.95. The average molecular weight is 703 g/mol. The normalized spacial score (nSPS) is 11.6. The number of aromatic nitrogens is 4. The van der Waals surface area contributed by atoms with Crippen molar-refractivity contribution in [2.24, 2.45) is 0 Å². The van der Waals surface area contributed by atoms with E-state index >= 15 is 0 Å². The van der Waals surface area contributed by atoms with E-state index in [4.69, 9.17) is 24.4 Å². The molecule has 11 aromatic rings. The van der Waals surface area contributed by atoms with E-state index in [2.05, 4.69) is 146 Å². The zero-order chi connectivity index (χ0) is 36.3. The highest BCUT2D eigenvalue weighted by Gasteiger charge is 2.17. The molecule has 0 aliphatic carbocycles. The van der Waals surface area contributed by atoms with Crippen molar-refractivity contribution in [3.05, 3.63) is 182 Å². The van der Waals surface area contributed by atoms with E-state index in [0.29, 0.717) is 23.4 Å². The van der Waals surface area contributed by atoms with Crippen LogP contribution >= 0.6 is 0 Å². The molecule has 9 aromatic carbocycles. The molecule has 0 saturated heterocycles. The molecule has 0 radical (unpaired) electrons. The number of rotatable bonds is 5. The molecule has 2 aromatic heterocycles. The summed E-state index contributed by atoms with van der Waals surface area (Å²) in [6, 6.07) is 63.1. The summed E-state index contributed by atoms with van der Waals surface area (Å²) in [5.74, 6) is 2.53. The molecule has 2 heterocycles. The molecule has 0 unspecified atom stereocenters. The van der Waals surface area contributed by atoms with Gasteiger partial charge in [-0.15, -0.1) is 0 Å². The molecule has 0 bridgehead atoms. The van der Waals surface area contributed by atoms with Gasteiger partial charge in [0.15, 0.2) is 23.1 Å². The Morgan fingerprint density at radius 3 is 1.36 bits per heavy atom. The number of hydrogen-bond donors (Lipinski definition) is 0. The summed E-state index contributed by atoms with van der Waals surface area (Å²) in [5.41, 5.74) is 7.61. The third-order valence-corrected chi connectivity index (χ3v) is 10.5. The van der Waals surface area contributed by atoms with Crippen molar-refractivity contribution in [1.82, 2.24) is 19.9 Å². The van der Waals surface area contributed by atoms with Crippen molar-refractivity contribution in [2.45, 2.75) is 0 Å². The van der Waals surface area contributed by atoms with E-state index in [0.717, 1.165) is 76.8 Å². The van der Waals surface area contributed by atoms with Gasteiger partial charge in [-0.2, -0.15) is 0 Å². The molecule has 0 amide bonds. The summed E-state index contributed by atoms with van der Waals surface area (Å²) in [7, 11) is 0. The quantitative estimate of drug-likeness (QED) is 0.179. The van der Waals surface area contributed by atoms with Gasteiger partial charge in [0.1, 0.15) is 5.52 Å². The molecule has 256 valence electrons. The zero-order valence-corrected chi connectivity index (χ0v) is 29.5. The van der Waals surface area contributed by atoms with Crippen molar-refractivity contribution in [3.63, 3.8) is 0 Å². The maximum absolute atomic E-state index is 6.48. The number of hydrogen-bond acceptors (Lipinski definition) is 5. The Kier molecular flexibility index (Phi) is 7.10. The predicted molar refractivity (Wildman–Crippen MR) is 225 cm³/mol. The second kappa shape index (κ2) is 12.6. The van der Waals surface area contributed by atoms with Gasteiger partial charge in [0, 0.05) is 27.6 Å². The first-order valence-electron chi connectivity index (χ1n) is 18.4. The van der Waals surface area contributed by atoms with Gasteiger partial charge in [-0.3, -0.25) is 0 Å². The van der Waals surface area contributed by atoms with Gasteiger partial charge in [-0.25, -0.2) is 19.9 Å². The van der Waals surface area contributed by atoms with Gasteiger partial charge < -0.3 is 4.42 Å². The summed E-state index contributed by atoms with van der Waals surface area (Å²) < 4.78 is 6.48. The van der Waals surface area contributed by atoms with Gasteiger partial charge in [-0.05, 0) is 91.3 Å². The molecular formula is C50H30N4O. The molecule has 0 atom stereocenters. The molecule has 5 nitrogen and oxygen atoms in total. The lowest BCUT2D eigenvalue weighted by Gasteiger charge is -2.11. The second-order valence-corrected chi connectivity index (χ2v) is 13.9. The minimum atomic E-state index is 0.620. The Hall–Kier alpha value is -7.50. The van der Waals surface area contributed by atoms with E-state index in [1.165, 1.54) is 10.8 Å². The minimum absolute atomic E-state index is 0.620. The fraction of sp³-hybridized carbons (Fsp3) is 0. The highest BCUT2D eigenvalue weighted by Crippen LogP contribution is 2.38. The van der Waals surface area contributed by atoms with Crippen molar-refractivity contribution < 1.29 is 4.42 Å². The molecule has 5 heteroatoms. The largest absolute Gasteiger partial charge is 0.435 e. The van der Waals surface area contributed by atoms with Crippen LogP contribution < -0.4 is 0 Å². The van der Waals surface area contributed by atoms with Gasteiger partial charge in [0.2, 0.25) is 5.89 Å². The fourth-order valence-corrected chi connectivity index (χ4v) is 7.67. The summed E-state index contributed by atoms with van der Waals surface area (Å²) in [5, 5.41) is 9.01. The average Bonchev–Trinajstić information content (AvgIpc) is 3.71. The highest BCUT2D eigenvalue weighted by atomic mass is 16.3. The van der Waals surface area contributed by atoms with Gasteiger partial charge in [0.05, 0.1) is 0 Å². The molecule has 0 aliphatic heterocycles. The Bertz CT molecular complexity index is 3180. The molecule has 0 spiro atoms. The molecule has 0 fully saturated rings. The highest BCUT2D eigenvalue weighted by molar-refractivity contribution is 6.12. The van der Waals surface area contributed by atoms with Crippen LogP contribution in [-0.4, -0.2) is 19.9 Å². The van der Waals surface area contributed by atoms with Crippen molar-refractivity contribution in [3.8, 4) is 56.7 Å². The molecular weight excluding hydrogens is 673 g/mol. The summed E-state index contributed by atoms with van der Waals surface area (Å²) in [4.78, 5) is 20.1. The Labute approximate surface area is 316 Å². The van der Waals surface area contributed by atoms with Crippen LogP contribution in [-0.2, 0) is 0 Å². The van der Waals surface area contributed by atoms with Crippen LogP contribution in [0.5, 0.6) is 0 Å². The first kappa shape index (κ1) is 31.1. The van der Waals surface area contributed by atoms with Crippen LogP contribution in [0.2, 0.25) is 0 Å². The smallest absolute Gasteiger partial charge is 0.227 e.